The molecule has 0 spiro atoms. The molecule has 80 valence electrons. The first-order valence-corrected chi connectivity index (χ1v) is 4.24. The largest absolute Gasteiger partial charge is 0.374 e. The van der Waals surface area contributed by atoms with Gasteiger partial charge in [0.05, 0.1) is 4.92 Å². The number of hydrogen-bond donors (Lipinski definition) is 2. The number of carbonyl (C=O) groups is 1. The van der Waals surface area contributed by atoms with Crippen LogP contribution >= 0.6 is 0 Å². The van der Waals surface area contributed by atoms with E-state index in [0.717, 1.165) is 6.07 Å². The topological polar surface area (TPSA) is 92.5 Å². The summed E-state index contributed by atoms with van der Waals surface area (Å²) in [7, 11) is 0. The van der Waals surface area contributed by atoms with E-state index in [2.05, 4.69) is 5.32 Å². The van der Waals surface area contributed by atoms with Crippen LogP contribution in [0.4, 0.5) is 5.69 Å². The second-order valence-electron chi connectivity index (χ2n) is 2.96. The summed E-state index contributed by atoms with van der Waals surface area (Å²) in [5.41, 5.74) is -0.0154. The Morgan fingerprint density at radius 1 is 1.60 bits per heavy atom. The SMILES string of the molecule is CC(O)NC(=O)c1cccc([N+](=O)[O-])c1. The lowest BCUT2D eigenvalue weighted by atomic mass is 10.2. The number of non-ortho nitro benzene ring substituents is 1. The molecule has 0 aromatic heterocycles. The Hall–Kier alpha value is -1.95. The fourth-order valence-corrected chi connectivity index (χ4v) is 1.03. The molecule has 0 fully saturated rings. The minimum Gasteiger partial charge on any atom is -0.374 e. The van der Waals surface area contributed by atoms with E-state index in [1.165, 1.54) is 25.1 Å². The molecular weight excluding hydrogens is 200 g/mol. The first-order valence-electron chi connectivity index (χ1n) is 4.24. The number of nitrogens with zero attached hydrogens (tertiary/aromatic N) is 1. The van der Waals surface area contributed by atoms with Crippen molar-refractivity contribution in [3.05, 3.63) is 39.9 Å². The Balaban J connectivity index is 2.90. The fraction of sp³-hybridized carbons (Fsp3) is 0.222. The Bertz CT molecular complexity index is 389. The highest BCUT2D eigenvalue weighted by Gasteiger charge is 2.11. The number of aliphatic hydroxyl groups is 1. The van der Waals surface area contributed by atoms with Gasteiger partial charge < -0.3 is 10.4 Å². The maximum atomic E-state index is 11.3. The van der Waals surface area contributed by atoms with E-state index < -0.39 is 17.1 Å². The van der Waals surface area contributed by atoms with Crippen LogP contribution in [-0.2, 0) is 0 Å². The Morgan fingerprint density at radius 2 is 2.27 bits per heavy atom. The first kappa shape index (κ1) is 11.1. The smallest absolute Gasteiger partial charge is 0.270 e. The van der Waals surface area contributed by atoms with Gasteiger partial charge in [0.2, 0.25) is 0 Å². The lowest BCUT2D eigenvalue weighted by Gasteiger charge is -2.06. The number of aliphatic hydroxyl groups excluding tert-OH is 1. The van der Waals surface area contributed by atoms with Crippen LogP contribution in [0.1, 0.15) is 17.3 Å². The molecule has 0 aliphatic rings. The molecule has 0 saturated heterocycles. The van der Waals surface area contributed by atoms with E-state index in [0.29, 0.717) is 0 Å². The molecular formula is C9H10N2O4. The summed E-state index contributed by atoms with van der Waals surface area (Å²) in [4.78, 5) is 21.2. The summed E-state index contributed by atoms with van der Waals surface area (Å²) in [6.45, 7) is 1.38. The van der Waals surface area contributed by atoms with Crippen LogP contribution in [0.5, 0.6) is 0 Å². The van der Waals surface area contributed by atoms with Gasteiger partial charge in [-0.3, -0.25) is 14.9 Å². The zero-order valence-corrected chi connectivity index (χ0v) is 8.01. The van der Waals surface area contributed by atoms with E-state index >= 15 is 0 Å². The number of amides is 1. The fourth-order valence-electron chi connectivity index (χ4n) is 1.03. The molecule has 1 rings (SSSR count). The van der Waals surface area contributed by atoms with Crippen molar-refractivity contribution in [2.75, 3.05) is 0 Å². The van der Waals surface area contributed by atoms with Crippen molar-refractivity contribution in [3.63, 3.8) is 0 Å². The number of benzene rings is 1. The third-order valence-corrected chi connectivity index (χ3v) is 1.66. The molecule has 0 bridgehead atoms. The summed E-state index contributed by atoms with van der Waals surface area (Å²) < 4.78 is 0. The summed E-state index contributed by atoms with van der Waals surface area (Å²) in [6.07, 6.45) is -0.989. The molecule has 2 N–H and O–H groups in total. The van der Waals surface area contributed by atoms with E-state index in [4.69, 9.17) is 5.11 Å². The van der Waals surface area contributed by atoms with Crippen molar-refractivity contribution < 1.29 is 14.8 Å². The Morgan fingerprint density at radius 3 is 2.80 bits per heavy atom. The summed E-state index contributed by atoms with van der Waals surface area (Å²) in [5, 5.41) is 21.5. The predicted molar refractivity (Wildman–Crippen MR) is 52.2 cm³/mol. The van der Waals surface area contributed by atoms with Gasteiger partial charge >= 0.3 is 0 Å². The zero-order chi connectivity index (χ0) is 11.4. The van der Waals surface area contributed by atoms with Gasteiger partial charge in [-0.15, -0.1) is 0 Å². The van der Waals surface area contributed by atoms with E-state index in [1.807, 2.05) is 0 Å². The molecule has 6 heteroatoms. The highest BCUT2D eigenvalue weighted by molar-refractivity contribution is 5.94. The average Bonchev–Trinajstić information content (AvgIpc) is 2.17. The molecule has 1 aromatic rings. The van der Waals surface area contributed by atoms with Gasteiger partial charge in [0.25, 0.3) is 11.6 Å². The van der Waals surface area contributed by atoms with Crippen LogP contribution < -0.4 is 5.32 Å². The van der Waals surface area contributed by atoms with E-state index in [-0.39, 0.29) is 11.3 Å². The molecule has 1 amide bonds. The normalized spacial score (nSPS) is 11.9. The van der Waals surface area contributed by atoms with Crippen molar-refractivity contribution in [3.8, 4) is 0 Å². The second kappa shape index (κ2) is 4.52. The monoisotopic (exact) mass is 210 g/mol. The van der Waals surface area contributed by atoms with Crippen LogP contribution in [0.2, 0.25) is 0 Å². The van der Waals surface area contributed by atoms with E-state index in [1.54, 1.807) is 0 Å². The Kier molecular flexibility index (Phi) is 3.35. The highest BCUT2D eigenvalue weighted by Crippen LogP contribution is 2.12. The quantitative estimate of drug-likeness (QED) is 0.435. The van der Waals surface area contributed by atoms with Crippen LogP contribution in [-0.4, -0.2) is 22.2 Å². The van der Waals surface area contributed by atoms with Gasteiger partial charge in [-0.1, -0.05) is 6.07 Å². The minimum absolute atomic E-state index is 0.144. The number of nitrogens with one attached hydrogen (secondary N) is 1. The maximum Gasteiger partial charge on any atom is 0.270 e. The van der Waals surface area contributed by atoms with Gasteiger partial charge in [0.15, 0.2) is 0 Å². The molecule has 0 heterocycles. The molecule has 15 heavy (non-hydrogen) atoms. The van der Waals surface area contributed by atoms with Crippen molar-refractivity contribution in [1.82, 2.24) is 5.32 Å². The standard InChI is InChI=1S/C9H10N2O4/c1-6(12)10-9(13)7-3-2-4-8(5-7)11(14)15/h2-6,12H,1H3,(H,10,13). The number of hydrogen-bond acceptors (Lipinski definition) is 4. The minimum atomic E-state index is -0.989. The lowest BCUT2D eigenvalue weighted by Crippen LogP contribution is -2.32. The van der Waals surface area contributed by atoms with Gasteiger partial charge in [-0.05, 0) is 13.0 Å². The second-order valence-corrected chi connectivity index (χ2v) is 2.96. The van der Waals surface area contributed by atoms with Gasteiger partial charge in [0.1, 0.15) is 6.23 Å². The number of nitro groups is 1. The third-order valence-electron chi connectivity index (χ3n) is 1.66. The molecule has 6 nitrogen and oxygen atoms in total. The number of nitro benzene ring substituents is 1. The summed E-state index contributed by atoms with van der Waals surface area (Å²) in [5.74, 6) is -0.547. The molecule has 1 atom stereocenters. The van der Waals surface area contributed by atoms with Crippen molar-refractivity contribution >= 4 is 11.6 Å². The molecule has 0 aliphatic heterocycles. The van der Waals surface area contributed by atoms with Crippen molar-refractivity contribution in [1.29, 1.82) is 0 Å². The highest BCUT2D eigenvalue weighted by atomic mass is 16.6. The number of carbonyl (C=O) groups excluding carboxylic acids is 1. The van der Waals surface area contributed by atoms with Gasteiger partial charge in [0, 0.05) is 17.7 Å². The average molecular weight is 210 g/mol. The molecule has 0 radical (unpaired) electrons. The summed E-state index contributed by atoms with van der Waals surface area (Å²) >= 11 is 0. The number of rotatable bonds is 3. The molecule has 0 saturated carbocycles. The van der Waals surface area contributed by atoms with Crippen LogP contribution in [0.3, 0.4) is 0 Å². The predicted octanol–water partition coefficient (Wildman–Crippen LogP) is 0.663. The first-order chi connectivity index (χ1) is 7.00. The maximum absolute atomic E-state index is 11.3. The molecule has 1 unspecified atom stereocenters. The Labute approximate surface area is 85.7 Å². The lowest BCUT2D eigenvalue weighted by molar-refractivity contribution is -0.384. The van der Waals surface area contributed by atoms with Crippen molar-refractivity contribution in [2.45, 2.75) is 13.2 Å². The van der Waals surface area contributed by atoms with Crippen LogP contribution in [0.15, 0.2) is 24.3 Å². The van der Waals surface area contributed by atoms with E-state index in [9.17, 15) is 14.9 Å². The van der Waals surface area contributed by atoms with Gasteiger partial charge in [-0.2, -0.15) is 0 Å². The summed E-state index contributed by atoms with van der Waals surface area (Å²) in [6, 6.07) is 5.29. The van der Waals surface area contributed by atoms with Gasteiger partial charge in [-0.25, -0.2) is 0 Å². The molecule has 0 aliphatic carbocycles. The molecule has 1 aromatic carbocycles. The van der Waals surface area contributed by atoms with Crippen LogP contribution in [0.25, 0.3) is 0 Å². The van der Waals surface area contributed by atoms with Crippen LogP contribution in [0, 0.1) is 10.1 Å². The zero-order valence-electron chi connectivity index (χ0n) is 8.01. The van der Waals surface area contributed by atoms with Crippen molar-refractivity contribution in [2.24, 2.45) is 0 Å². The third kappa shape index (κ3) is 3.03.